The molecule has 1 aliphatic rings. The molecule has 1 atom stereocenters. The monoisotopic (exact) mass is 172 g/mol. The first-order valence-electron chi connectivity index (χ1n) is 2.42. The average Bonchev–Trinajstić information content (AvgIpc) is 1.97. The van der Waals surface area contributed by atoms with Crippen molar-refractivity contribution < 1.29 is 22.0 Å². The van der Waals surface area contributed by atoms with Gasteiger partial charge in [0.1, 0.15) is 0 Å². The van der Waals surface area contributed by atoms with Crippen molar-refractivity contribution in [1.29, 1.82) is 0 Å². The molecule has 11 heavy (non-hydrogen) atoms. The molecular formula is C4HF5N2. The van der Waals surface area contributed by atoms with E-state index in [-0.39, 0.29) is 0 Å². The summed E-state index contributed by atoms with van der Waals surface area (Å²) in [5.74, 6) is -6.14. The van der Waals surface area contributed by atoms with E-state index in [1.165, 1.54) is 0 Å². The lowest BCUT2D eigenvalue weighted by Crippen LogP contribution is -2.31. The highest BCUT2D eigenvalue weighted by Crippen LogP contribution is 2.25. The minimum atomic E-state index is -2.99. The maximum Gasteiger partial charge on any atom is 0.276 e. The molecule has 0 radical (unpaired) electrons. The van der Waals surface area contributed by atoms with Gasteiger partial charge in [-0.3, -0.25) is 0 Å². The Hall–Kier alpha value is -1.14. The number of rotatable bonds is 0. The van der Waals surface area contributed by atoms with Crippen LogP contribution in [0.5, 0.6) is 0 Å². The Balaban J connectivity index is 3.01. The minimum Gasteiger partial charge on any atom is -0.211 e. The summed E-state index contributed by atoms with van der Waals surface area (Å²) in [5, 5.41) is -1.32. The quantitative estimate of drug-likeness (QED) is 0.309. The lowest BCUT2D eigenvalue weighted by Gasteiger charge is -2.16. The Kier molecular flexibility index (Phi) is 1.79. The lowest BCUT2D eigenvalue weighted by atomic mass is 10.5. The Labute approximate surface area is 57.6 Å². The van der Waals surface area contributed by atoms with E-state index in [4.69, 9.17) is 0 Å². The predicted molar refractivity (Wildman–Crippen MR) is 25.6 cm³/mol. The molecule has 1 unspecified atom stereocenters. The van der Waals surface area contributed by atoms with E-state index in [9.17, 15) is 22.0 Å². The molecule has 62 valence electrons. The standard InChI is InChI=1S/C4HF5N2/c5-1-3(7)11(9)4(8)2(6)10-1/h3H. The van der Waals surface area contributed by atoms with Crippen molar-refractivity contribution in [3.8, 4) is 0 Å². The Morgan fingerprint density at radius 3 is 2.36 bits per heavy atom. The van der Waals surface area contributed by atoms with E-state index < -0.39 is 29.3 Å². The molecule has 1 rings (SSSR count). The van der Waals surface area contributed by atoms with Crippen LogP contribution in [0, 0.1) is 0 Å². The van der Waals surface area contributed by atoms with Crippen molar-refractivity contribution in [3.63, 3.8) is 0 Å². The fourth-order valence-electron chi connectivity index (χ4n) is 0.474. The fourth-order valence-corrected chi connectivity index (χ4v) is 0.474. The summed E-state index contributed by atoms with van der Waals surface area (Å²) in [6.07, 6.45) is -2.99. The van der Waals surface area contributed by atoms with Gasteiger partial charge in [-0.2, -0.15) is 18.2 Å². The van der Waals surface area contributed by atoms with Crippen molar-refractivity contribution in [2.75, 3.05) is 0 Å². The third-order valence-corrected chi connectivity index (χ3v) is 0.958. The van der Waals surface area contributed by atoms with Crippen molar-refractivity contribution >= 4 is 5.97 Å². The highest BCUT2D eigenvalue weighted by molar-refractivity contribution is 5.80. The normalized spacial score (nSPS) is 25.7. The third-order valence-electron chi connectivity index (χ3n) is 0.958. The smallest absolute Gasteiger partial charge is 0.211 e. The molecule has 1 heterocycles. The Morgan fingerprint density at radius 2 is 1.82 bits per heavy atom. The zero-order chi connectivity index (χ0) is 8.59. The number of aliphatic imine (C=N–C) groups is 1. The summed E-state index contributed by atoms with van der Waals surface area (Å²) < 4.78 is 59.7. The fraction of sp³-hybridized carbons (Fsp3) is 0.250. The van der Waals surface area contributed by atoms with Crippen LogP contribution in [0.25, 0.3) is 0 Å². The topological polar surface area (TPSA) is 15.6 Å². The highest BCUT2D eigenvalue weighted by Gasteiger charge is 2.34. The molecule has 1 aliphatic heterocycles. The largest absolute Gasteiger partial charge is 0.276 e. The van der Waals surface area contributed by atoms with Crippen molar-refractivity contribution in [2.45, 2.75) is 6.30 Å². The average molecular weight is 172 g/mol. The van der Waals surface area contributed by atoms with Gasteiger partial charge in [0.2, 0.25) is 5.97 Å². The van der Waals surface area contributed by atoms with Crippen LogP contribution in [0.1, 0.15) is 0 Å². The van der Waals surface area contributed by atoms with Crippen molar-refractivity contribution in [3.05, 3.63) is 11.9 Å². The molecule has 0 N–H and O–H groups in total. The molecule has 0 saturated heterocycles. The molecule has 0 aliphatic carbocycles. The number of alkyl halides is 1. The van der Waals surface area contributed by atoms with Crippen molar-refractivity contribution in [1.82, 2.24) is 5.12 Å². The van der Waals surface area contributed by atoms with Gasteiger partial charge in [-0.15, -0.1) is 5.12 Å². The van der Waals surface area contributed by atoms with Gasteiger partial charge in [-0.1, -0.05) is 4.48 Å². The van der Waals surface area contributed by atoms with E-state index in [2.05, 4.69) is 4.99 Å². The first kappa shape index (κ1) is 7.96. The summed E-state index contributed by atoms with van der Waals surface area (Å²) in [5.41, 5.74) is 0. The molecule has 0 saturated carbocycles. The maximum atomic E-state index is 12.0. The van der Waals surface area contributed by atoms with Crippen molar-refractivity contribution in [2.24, 2.45) is 4.99 Å². The van der Waals surface area contributed by atoms with Gasteiger partial charge >= 0.3 is 0 Å². The van der Waals surface area contributed by atoms with Crippen LogP contribution in [-0.4, -0.2) is 17.4 Å². The van der Waals surface area contributed by atoms with Gasteiger partial charge in [-0.05, 0) is 0 Å². The molecule has 0 aromatic carbocycles. The second-order valence-electron chi connectivity index (χ2n) is 1.66. The number of hydrogen-bond acceptors (Lipinski definition) is 2. The van der Waals surface area contributed by atoms with Gasteiger partial charge in [-0.25, -0.2) is 4.39 Å². The summed E-state index contributed by atoms with van der Waals surface area (Å²) in [4.78, 5) is 2.13. The first-order chi connectivity index (χ1) is 5.04. The van der Waals surface area contributed by atoms with Crippen LogP contribution < -0.4 is 0 Å². The summed E-state index contributed by atoms with van der Waals surface area (Å²) in [7, 11) is 0. The zero-order valence-corrected chi connectivity index (χ0v) is 4.86. The molecule has 7 heteroatoms. The Morgan fingerprint density at radius 1 is 1.27 bits per heavy atom. The summed E-state index contributed by atoms with van der Waals surface area (Å²) >= 11 is 0. The first-order valence-corrected chi connectivity index (χ1v) is 2.42. The Bertz CT molecular complexity index is 235. The number of nitrogens with zero attached hydrogens (tertiary/aromatic N) is 2. The lowest BCUT2D eigenvalue weighted by molar-refractivity contribution is -0.0453. The van der Waals surface area contributed by atoms with Gasteiger partial charge in [0.05, 0.1) is 0 Å². The van der Waals surface area contributed by atoms with E-state index in [0.29, 0.717) is 0 Å². The van der Waals surface area contributed by atoms with Gasteiger partial charge < -0.3 is 0 Å². The molecular weight excluding hydrogens is 171 g/mol. The number of halogens is 5. The van der Waals surface area contributed by atoms with E-state index in [0.717, 1.165) is 0 Å². The summed E-state index contributed by atoms with van der Waals surface area (Å²) in [6, 6.07) is 0. The van der Waals surface area contributed by atoms with E-state index >= 15 is 0 Å². The number of hydrogen-bond donors (Lipinski definition) is 0. The van der Waals surface area contributed by atoms with Gasteiger partial charge in [0, 0.05) is 0 Å². The van der Waals surface area contributed by atoms with Gasteiger partial charge in [0.15, 0.2) is 0 Å². The van der Waals surface area contributed by atoms with Crippen LogP contribution in [0.4, 0.5) is 22.0 Å². The highest BCUT2D eigenvalue weighted by atomic mass is 19.2. The molecule has 2 nitrogen and oxygen atoms in total. The second kappa shape index (κ2) is 2.48. The molecule has 0 aromatic heterocycles. The third kappa shape index (κ3) is 1.17. The molecule has 0 fully saturated rings. The van der Waals surface area contributed by atoms with Crippen LogP contribution in [-0.2, 0) is 0 Å². The predicted octanol–water partition coefficient (Wildman–Crippen LogP) is 1.92. The van der Waals surface area contributed by atoms with Crippen LogP contribution >= 0.6 is 0 Å². The molecule has 0 spiro atoms. The molecule has 0 amide bonds. The van der Waals surface area contributed by atoms with Crippen LogP contribution in [0.3, 0.4) is 0 Å². The second-order valence-corrected chi connectivity index (χ2v) is 1.66. The summed E-state index contributed by atoms with van der Waals surface area (Å²) in [6.45, 7) is 0. The van der Waals surface area contributed by atoms with E-state index in [1.807, 2.05) is 0 Å². The van der Waals surface area contributed by atoms with Gasteiger partial charge in [0.25, 0.3) is 18.2 Å². The SMILES string of the molecule is FC1=NC(F)=C(F)N(F)C1F. The van der Waals surface area contributed by atoms with Crippen LogP contribution in [0.15, 0.2) is 16.9 Å². The minimum absolute atomic E-state index is 1.32. The molecule has 0 bridgehead atoms. The zero-order valence-electron chi connectivity index (χ0n) is 4.86. The van der Waals surface area contributed by atoms with Crippen LogP contribution in [0.2, 0.25) is 0 Å². The maximum absolute atomic E-state index is 12.0. The molecule has 0 aromatic rings. The van der Waals surface area contributed by atoms with E-state index in [1.54, 1.807) is 0 Å².